The highest BCUT2D eigenvalue weighted by Crippen LogP contribution is 2.27. The minimum absolute atomic E-state index is 0.0825. The number of aliphatic hydroxyl groups is 3. The molecule has 0 radical (unpaired) electrons. The van der Waals surface area contributed by atoms with Crippen molar-refractivity contribution < 1.29 is 37.8 Å². The molecule has 1 aliphatic heterocycles. The van der Waals surface area contributed by atoms with Gasteiger partial charge in [-0.25, -0.2) is 0 Å². The van der Waals surface area contributed by atoms with Crippen LogP contribution in [0.3, 0.4) is 0 Å². The molecule has 1 unspecified atom stereocenters. The molecule has 2 heterocycles. The average Bonchev–Trinajstić information content (AvgIpc) is 2.68. The number of pyridine rings is 1. The van der Waals surface area contributed by atoms with Crippen LogP contribution in [0.5, 0.6) is 5.75 Å². The lowest BCUT2D eigenvalue weighted by molar-refractivity contribution is -0.254. The molecule has 2 aromatic rings. The number of benzene rings is 1. The molecule has 1 aliphatic rings. The number of ether oxygens (including phenoxy) is 2. The van der Waals surface area contributed by atoms with E-state index in [1.165, 1.54) is 12.3 Å². The molecule has 0 aliphatic carbocycles. The van der Waals surface area contributed by atoms with Crippen LogP contribution in [0.4, 0.5) is 0 Å². The van der Waals surface area contributed by atoms with Gasteiger partial charge in [-0.1, -0.05) is 12.1 Å². The zero-order chi connectivity index (χ0) is 20.5. The van der Waals surface area contributed by atoms with E-state index in [1.54, 1.807) is 30.3 Å². The van der Waals surface area contributed by atoms with E-state index >= 15 is 0 Å². The quantitative estimate of drug-likeness (QED) is 0.490. The van der Waals surface area contributed by atoms with Gasteiger partial charge in [-0.3, -0.25) is 9.54 Å². The van der Waals surface area contributed by atoms with Crippen molar-refractivity contribution >= 4 is 10.1 Å². The second-order valence-corrected chi connectivity index (χ2v) is 7.54. The molecular formula is C17H16N2O8S. The highest BCUT2D eigenvalue weighted by atomic mass is 32.2. The molecule has 0 bridgehead atoms. The number of aromatic nitrogens is 1. The second kappa shape index (κ2) is 7.80. The number of aliphatic hydroxyl groups excluding tert-OH is 3. The largest absolute Gasteiger partial charge is 0.460 e. The van der Waals surface area contributed by atoms with Gasteiger partial charge >= 0.3 is 0 Å². The van der Waals surface area contributed by atoms with Crippen LogP contribution in [-0.4, -0.2) is 63.3 Å². The standard InChI is InChI=1S/C17H16N2O8S/c18-7-9-1-3-10(4-2-9)12-6-5-11(8-19-12)26-16-14(21)13(20)15(22)17(27-16)28(23,24)25/h1-6,8,13-17,20-22H,(H,23,24,25)/t13-,14-,15+,16-,17?/m1/s1. The first-order valence-electron chi connectivity index (χ1n) is 8.00. The summed E-state index contributed by atoms with van der Waals surface area (Å²) in [5.41, 5.74) is -0.374. The lowest BCUT2D eigenvalue weighted by Gasteiger charge is -2.38. The summed E-state index contributed by atoms with van der Waals surface area (Å²) in [6.45, 7) is 0. The smallest absolute Gasteiger partial charge is 0.295 e. The molecule has 0 amide bonds. The van der Waals surface area contributed by atoms with Crippen LogP contribution >= 0.6 is 0 Å². The van der Waals surface area contributed by atoms with Gasteiger partial charge in [0, 0.05) is 5.56 Å². The first kappa shape index (κ1) is 20.2. The summed E-state index contributed by atoms with van der Waals surface area (Å²) in [4.78, 5) is 4.17. The van der Waals surface area contributed by atoms with Crippen molar-refractivity contribution in [3.63, 3.8) is 0 Å². The molecule has 4 N–H and O–H groups in total. The van der Waals surface area contributed by atoms with E-state index < -0.39 is 40.2 Å². The summed E-state index contributed by atoms with van der Waals surface area (Å²) >= 11 is 0. The molecule has 1 fully saturated rings. The van der Waals surface area contributed by atoms with Gasteiger partial charge in [0.25, 0.3) is 10.1 Å². The van der Waals surface area contributed by atoms with E-state index in [9.17, 15) is 23.7 Å². The lowest BCUT2D eigenvalue weighted by Crippen LogP contribution is -2.61. The molecule has 0 spiro atoms. The van der Waals surface area contributed by atoms with Gasteiger partial charge in [0.15, 0.2) is 0 Å². The van der Waals surface area contributed by atoms with Crippen LogP contribution < -0.4 is 4.74 Å². The Balaban J connectivity index is 1.76. The predicted octanol–water partition coefficient (Wildman–Crippen LogP) is -0.348. The fourth-order valence-electron chi connectivity index (χ4n) is 2.63. The van der Waals surface area contributed by atoms with Crippen LogP contribution in [0.1, 0.15) is 5.56 Å². The van der Waals surface area contributed by atoms with E-state index in [0.29, 0.717) is 11.3 Å². The molecule has 1 aromatic carbocycles. The van der Waals surface area contributed by atoms with Gasteiger partial charge in [0.2, 0.25) is 11.7 Å². The van der Waals surface area contributed by atoms with E-state index in [1.807, 2.05) is 6.07 Å². The Bertz CT molecular complexity index is 972. The SMILES string of the molecule is N#Cc1ccc(-c2ccc(O[C@@H]3OC(S(=O)(=O)O)[C@@H](O)[C@H](O)[C@H]3O)cn2)cc1. The topological polar surface area (TPSA) is 170 Å². The summed E-state index contributed by atoms with van der Waals surface area (Å²) < 4.78 is 41.9. The molecule has 5 atom stereocenters. The number of nitriles is 1. The second-order valence-electron chi connectivity index (χ2n) is 6.05. The molecule has 10 nitrogen and oxygen atoms in total. The highest BCUT2D eigenvalue weighted by Gasteiger charge is 2.50. The van der Waals surface area contributed by atoms with Crippen molar-refractivity contribution in [3.05, 3.63) is 48.2 Å². The van der Waals surface area contributed by atoms with Gasteiger partial charge in [-0.05, 0) is 24.3 Å². The third kappa shape index (κ3) is 4.12. The fraction of sp³-hybridized carbons (Fsp3) is 0.294. The Labute approximate surface area is 160 Å². The van der Waals surface area contributed by atoms with Gasteiger partial charge in [0.1, 0.15) is 24.1 Å². The van der Waals surface area contributed by atoms with Crippen LogP contribution in [0.2, 0.25) is 0 Å². The van der Waals surface area contributed by atoms with Gasteiger partial charge in [0.05, 0.1) is 23.5 Å². The maximum atomic E-state index is 11.3. The van der Waals surface area contributed by atoms with E-state index in [0.717, 1.165) is 5.56 Å². The molecule has 1 saturated heterocycles. The first-order valence-corrected chi connectivity index (χ1v) is 9.50. The normalized spacial score (nSPS) is 27.8. The van der Waals surface area contributed by atoms with E-state index in [-0.39, 0.29) is 5.75 Å². The predicted molar refractivity (Wildman–Crippen MR) is 93.2 cm³/mol. The van der Waals surface area contributed by atoms with Gasteiger partial charge in [-0.2, -0.15) is 13.7 Å². The van der Waals surface area contributed by atoms with Crippen molar-refractivity contribution in [2.75, 3.05) is 0 Å². The van der Waals surface area contributed by atoms with Crippen LogP contribution in [0.15, 0.2) is 42.6 Å². The number of hydrogen-bond donors (Lipinski definition) is 4. The van der Waals surface area contributed by atoms with Gasteiger partial charge in [-0.15, -0.1) is 0 Å². The summed E-state index contributed by atoms with van der Waals surface area (Å²) in [5, 5.41) is 38.2. The van der Waals surface area contributed by atoms with Crippen LogP contribution in [0.25, 0.3) is 11.3 Å². The third-order valence-electron chi connectivity index (χ3n) is 4.12. The Hall–Kier alpha value is -2.59. The maximum absolute atomic E-state index is 11.3. The summed E-state index contributed by atoms with van der Waals surface area (Å²) in [5.74, 6) is 0.0825. The van der Waals surface area contributed by atoms with Crippen LogP contribution in [0, 0.1) is 11.3 Å². The Morgan fingerprint density at radius 2 is 1.71 bits per heavy atom. The molecule has 148 valence electrons. The number of hydrogen-bond acceptors (Lipinski definition) is 9. The maximum Gasteiger partial charge on any atom is 0.295 e. The Morgan fingerprint density at radius 3 is 2.25 bits per heavy atom. The van der Waals surface area contributed by atoms with E-state index in [4.69, 9.17) is 19.3 Å². The van der Waals surface area contributed by atoms with Crippen molar-refractivity contribution in [3.8, 4) is 23.1 Å². The summed E-state index contributed by atoms with van der Waals surface area (Å²) in [6, 6.07) is 11.8. The minimum Gasteiger partial charge on any atom is -0.460 e. The zero-order valence-electron chi connectivity index (χ0n) is 14.2. The Kier molecular flexibility index (Phi) is 5.61. The van der Waals surface area contributed by atoms with Gasteiger partial charge < -0.3 is 24.8 Å². The van der Waals surface area contributed by atoms with Crippen molar-refractivity contribution in [1.29, 1.82) is 5.26 Å². The monoisotopic (exact) mass is 408 g/mol. The first-order chi connectivity index (χ1) is 13.2. The molecule has 28 heavy (non-hydrogen) atoms. The molecular weight excluding hydrogens is 392 g/mol. The lowest BCUT2D eigenvalue weighted by atomic mass is 10.1. The van der Waals surface area contributed by atoms with E-state index in [2.05, 4.69) is 4.98 Å². The van der Waals surface area contributed by atoms with Crippen LogP contribution in [-0.2, 0) is 14.9 Å². The summed E-state index contributed by atoms with van der Waals surface area (Å²) in [6.07, 6.45) is -6.14. The molecule has 1 aromatic heterocycles. The molecule has 11 heteroatoms. The molecule has 0 saturated carbocycles. The number of rotatable bonds is 4. The average molecular weight is 408 g/mol. The number of nitrogens with zero attached hydrogens (tertiary/aromatic N) is 2. The summed E-state index contributed by atoms with van der Waals surface area (Å²) in [7, 11) is -4.87. The Morgan fingerprint density at radius 1 is 1.04 bits per heavy atom. The van der Waals surface area contributed by atoms with Crippen molar-refractivity contribution in [1.82, 2.24) is 4.98 Å². The third-order valence-corrected chi connectivity index (χ3v) is 5.09. The fourth-order valence-corrected chi connectivity index (χ4v) is 3.39. The molecule has 3 rings (SSSR count). The zero-order valence-corrected chi connectivity index (χ0v) is 15.0. The van der Waals surface area contributed by atoms with Crippen molar-refractivity contribution in [2.45, 2.75) is 30.0 Å². The minimum atomic E-state index is -4.87. The van der Waals surface area contributed by atoms with Crippen molar-refractivity contribution in [2.24, 2.45) is 0 Å². The highest BCUT2D eigenvalue weighted by molar-refractivity contribution is 7.86.